The van der Waals surface area contributed by atoms with Crippen molar-refractivity contribution in [3.05, 3.63) is 24.5 Å². The highest BCUT2D eigenvalue weighted by atomic mass is 32.2. The maximum Gasteiger partial charge on any atom is 0.334 e. The van der Waals surface area contributed by atoms with Crippen LogP contribution in [0.15, 0.2) is 29.4 Å². The molecule has 1 aliphatic heterocycles. The maximum atomic E-state index is 12.0. The van der Waals surface area contributed by atoms with Crippen LogP contribution in [0.25, 0.3) is 0 Å². The predicted molar refractivity (Wildman–Crippen MR) is 68.9 cm³/mol. The van der Waals surface area contributed by atoms with Gasteiger partial charge >= 0.3 is 5.97 Å². The minimum atomic E-state index is -1.03. The number of carbonyl (C=O) groups is 2. The Bertz CT molecular complexity index is 454. The number of rotatable bonds is 4. The Morgan fingerprint density at radius 2 is 2.21 bits per heavy atom. The molecule has 0 bridgehead atoms. The van der Waals surface area contributed by atoms with Gasteiger partial charge in [0.15, 0.2) is 6.10 Å². The van der Waals surface area contributed by atoms with Crippen LogP contribution in [0, 0.1) is 0 Å². The van der Waals surface area contributed by atoms with E-state index in [9.17, 15) is 9.59 Å². The van der Waals surface area contributed by atoms with Gasteiger partial charge in [-0.15, -0.1) is 11.8 Å². The Morgan fingerprint density at radius 3 is 2.89 bits per heavy atom. The predicted octanol–water partition coefficient (Wildman–Crippen LogP) is 0.486. The van der Waals surface area contributed by atoms with E-state index >= 15 is 0 Å². The molecule has 1 aliphatic rings. The third kappa shape index (κ3) is 3.93. The van der Waals surface area contributed by atoms with Crippen LogP contribution in [0.2, 0.25) is 0 Å². The Hall–Kier alpha value is -1.60. The standard InChI is InChI=1S/C12H14N2O4S/c15-11(8-19-9-1-3-13-4-2-9)14-5-6-18-10(7-14)12(16)17/h1-4,10H,5-8H2,(H,16,17). The van der Waals surface area contributed by atoms with Gasteiger partial charge in [0, 0.05) is 23.8 Å². The first-order valence-corrected chi connectivity index (χ1v) is 6.80. The highest BCUT2D eigenvalue weighted by Crippen LogP contribution is 2.17. The summed E-state index contributed by atoms with van der Waals surface area (Å²) in [6, 6.07) is 3.66. The van der Waals surface area contributed by atoms with Crippen molar-refractivity contribution < 1.29 is 19.4 Å². The fraction of sp³-hybridized carbons (Fsp3) is 0.417. The molecule has 1 aromatic rings. The summed E-state index contributed by atoms with van der Waals surface area (Å²) in [5.41, 5.74) is 0. The number of morpholine rings is 1. The zero-order chi connectivity index (χ0) is 13.7. The largest absolute Gasteiger partial charge is 0.479 e. The Labute approximate surface area is 114 Å². The summed E-state index contributed by atoms with van der Waals surface area (Å²) in [4.78, 5) is 29.2. The van der Waals surface area contributed by atoms with Crippen molar-refractivity contribution in [1.29, 1.82) is 0 Å². The van der Waals surface area contributed by atoms with E-state index in [0.717, 1.165) is 4.90 Å². The van der Waals surface area contributed by atoms with Crippen molar-refractivity contribution >= 4 is 23.6 Å². The molecule has 19 heavy (non-hydrogen) atoms. The van der Waals surface area contributed by atoms with Crippen molar-refractivity contribution in [2.75, 3.05) is 25.4 Å². The molecule has 1 atom stereocenters. The zero-order valence-corrected chi connectivity index (χ0v) is 11.0. The molecule has 1 N–H and O–H groups in total. The molecule has 1 amide bonds. The molecule has 1 unspecified atom stereocenters. The molecule has 1 saturated heterocycles. The second kappa shape index (κ2) is 6.53. The van der Waals surface area contributed by atoms with Gasteiger partial charge in [-0.3, -0.25) is 9.78 Å². The zero-order valence-electron chi connectivity index (χ0n) is 10.2. The summed E-state index contributed by atoms with van der Waals surface area (Å²) in [7, 11) is 0. The molecule has 2 rings (SSSR count). The molecule has 6 nitrogen and oxygen atoms in total. The second-order valence-corrected chi connectivity index (χ2v) is 5.06. The van der Waals surface area contributed by atoms with Gasteiger partial charge < -0.3 is 14.7 Å². The van der Waals surface area contributed by atoms with Gasteiger partial charge in [-0.2, -0.15) is 0 Å². The number of aromatic nitrogens is 1. The molecule has 0 aromatic carbocycles. The smallest absolute Gasteiger partial charge is 0.334 e. The van der Waals surface area contributed by atoms with Crippen molar-refractivity contribution in [2.24, 2.45) is 0 Å². The van der Waals surface area contributed by atoms with E-state index in [0.29, 0.717) is 6.54 Å². The molecule has 1 aromatic heterocycles. The first kappa shape index (κ1) is 13.8. The first-order chi connectivity index (χ1) is 9.16. The number of pyridine rings is 1. The fourth-order valence-corrected chi connectivity index (χ4v) is 2.48. The average Bonchev–Trinajstić information content (AvgIpc) is 2.46. The second-order valence-electron chi connectivity index (χ2n) is 4.01. The Balaban J connectivity index is 1.84. The van der Waals surface area contributed by atoms with Gasteiger partial charge in [0.1, 0.15) is 0 Å². The number of aliphatic carboxylic acids is 1. The highest BCUT2D eigenvalue weighted by Gasteiger charge is 2.28. The van der Waals surface area contributed by atoms with Crippen LogP contribution in [-0.4, -0.2) is 58.4 Å². The lowest BCUT2D eigenvalue weighted by molar-refractivity contribution is -0.158. The van der Waals surface area contributed by atoms with Crippen molar-refractivity contribution in [3.8, 4) is 0 Å². The third-order valence-corrected chi connectivity index (χ3v) is 3.70. The molecule has 7 heteroatoms. The molecule has 0 saturated carbocycles. The van der Waals surface area contributed by atoms with E-state index in [2.05, 4.69) is 4.98 Å². The number of nitrogens with zero attached hydrogens (tertiary/aromatic N) is 2. The van der Waals surface area contributed by atoms with Crippen LogP contribution >= 0.6 is 11.8 Å². The molecule has 0 radical (unpaired) electrons. The monoisotopic (exact) mass is 282 g/mol. The van der Waals surface area contributed by atoms with Gasteiger partial charge in [0.25, 0.3) is 0 Å². The van der Waals surface area contributed by atoms with Crippen LogP contribution in [-0.2, 0) is 14.3 Å². The van der Waals surface area contributed by atoms with Gasteiger partial charge in [-0.05, 0) is 12.1 Å². The normalized spacial score (nSPS) is 19.2. The van der Waals surface area contributed by atoms with Gasteiger partial charge in [0.05, 0.1) is 18.9 Å². The lowest BCUT2D eigenvalue weighted by Gasteiger charge is -2.30. The summed E-state index contributed by atoms with van der Waals surface area (Å²) >= 11 is 1.41. The average molecular weight is 282 g/mol. The molecule has 1 fully saturated rings. The van der Waals surface area contributed by atoms with E-state index in [1.165, 1.54) is 16.7 Å². The summed E-state index contributed by atoms with van der Waals surface area (Å²) in [5.74, 6) is -0.813. The number of carbonyl (C=O) groups excluding carboxylic acids is 1. The number of carboxylic acids is 1. The van der Waals surface area contributed by atoms with Crippen molar-refractivity contribution in [3.63, 3.8) is 0 Å². The Morgan fingerprint density at radius 1 is 1.47 bits per heavy atom. The number of amides is 1. The topological polar surface area (TPSA) is 79.7 Å². The SMILES string of the molecule is O=C(O)C1CN(C(=O)CSc2ccncc2)CCO1. The van der Waals surface area contributed by atoms with Crippen molar-refractivity contribution in [2.45, 2.75) is 11.0 Å². The van der Waals surface area contributed by atoms with Crippen LogP contribution < -0.4 is 0 Å². The quantitative estimate of drug-likeness (QED) is 0.809. The van der Waals surface area contributed by atoms with Crippen LogP contribution in [0.1, 0.15) is 0 Å². The highest BCUT2D eigenvalue weighted by molar-refractivity contribution is 8.00. The number of thioether (sulfide) groups is 1. The lowest BCUT2D eigenvalue weighted by Crippen LogP contribution is -2.49. The van der Waals surface area contributed by atoms with E-state index in [1.54, 1.807) is 12.4 Å². The number of hydrogen-bond acceptors (Lipinski definition) is 5. The molecule has 102 valence electrons. The Kier molecular flexibility index (Phi) is 4.75. The number of ether oxygens (including phenoxy) is 1. The minimum Gasteiger partial charge on any atom is -0.479 e. The van der Waals surface area contributed by atoms with E-state index < -0.39 is 12.1 Å². The molecular formula is C12H14N2O4S. The fourth-order valence-electron chi connectivity index (χ4n) is 1.70. The maximum absolute atomic E-state index is 12.0. The minimum absolute atomic E-state index is 0.0728. The molecule has 2 heterocycles. The van der Waals surface area contributed by atoms with Crippen LogP contribution in [0.4, 0.5) is 0 Å². The van der Waals surface area contributed by atoms with E-state index in [1.807, 2.05) is 12.1 Å². The number of hydrogen-bond donors (Lipinski definition) is 1. The number of carboxylic acid groups (broad SMARTS) is 1. The summed E-state index contributed by atoms with van der Waals surface area (Å²) in [6.07, 6.45) is 2.42. The van der Waals surface area contributed by atoms with Crippen molar-refractivity contribution in [1.82, 2.24) is 9.88 Å². The lowest BCUT2D eigenvalue weighted by atomic mass is 10.3. The molecule has 0 spiro atoms. The first-order valence-electron chi connectivity index (χ1n) is 5.82. The third-order valence-electron chi connectivity index (χ3n) is 2.71. The van der Waals surface area contributed by atoms with Crippen LogP contribution in [0.5, 0.6) is 0 Å². The summed E-state index contributed by atoms with van der Waals surface area (Å²) in [6.45, 7) is 0.827. The van der Waals surface area contributed by atoms with E-state index in [4.69, 9.17) is 9.84 Å². The van der Waals surface area contributed by atoms with Crippen LogP contribution in [0.3, 0.4) is 0 Å². The summed E-state index contributed by atoms with van der Waals surface area (Å²) < 4.78 is 5.07. The van der Waals surface area contributed by atoms with Gasteiger partial charge in [-0.25, -0.2) is 4.79 Å². The molecule has 0 aliphatic carbocycles. The van der Waals surface area contributed by atoms with Gasteiger partial charge in [0.2, 0.25) is 5.91 Å². The molecular weight excluding hydrogens is 268 g/mol. The van der Waals surface area contributed by atoms with Gasteiger partial charge in [-0.1, -0.05) is 0 Å². The van der Waals surface area contributed by atoms with E-state index in [-0.39, 0.29) is 24.8 Å². The summed E-state index contributed by atoms with van der Waals surface area (Å²) in [5, 5.41) is 8.87.